The molecule has 1 nitrogen and oxygen atoms in total. The van der Waals surface area contributed by atoms with E-state index in [-0.39, 0.29) is 0 Å². The van der Waals surface area contributed by atoms with E-state index in [2.05, 4.69) is 42.5 Å². The van der Waals surface area contributed by atoms with E-state index in [0.29, 0.717) is 12.0 Å². The minimum Gasteiger partial charge on any atom is -0.327 e. The highest BCUT2D eigenvalue weighted by Crippen LogP contribution is 2.41. The highest BCUT2D eigenvalue weighted by atomic mass is 14.7. The molecule has 0 saturated heterocycles. The van der Waals surface area contributed by atoms with Crippen LogP contribution < -0.4 is 5.73 Å². The Kier molecular flexibility index (Phi) is 1.62. The normalized spacial score (nSPS) is 25.2. The molecule has 1 saturated carbocycles. The first kappa shape index (κ1) is 8.01. The van der Waals surface area contributed by atoms with E-state index in [4.69, 9.17) is 5.73 Å². The third-order valence-electron chi connectivity index (χ3n) is 3.06. The fraction of sp³-hybridized carbons (Fsp3) is 0.231. The summed E-state index contributed by atoms with van der Waals surface area (Å²) in [6.45, 7) is 0. The fourth-order valence-corrected chi connectivity index (χ4v) is 2.15. The van der Waals surface area contributed by atoms with Crippen LogP contribution in [-0.2, 0) is 0 Å². The molecule has 0 aromatic heterocycles. The summed E-state index contributed by atoms with van der Waals surface area (Å²) < 4.78 is 0. The number of hydrogen-bond acceptors (Lipinski definition) is 1. The smallest absolute Gasteiger partial charge is 0.0115 e. The summed E-state index contributed by atoms with van der Waals surface area (Å²) in [7, 11) is 0. The fourth-order valence-electron chi connectivity index (χ4n) is 2.15. The Labute approximate surface area is 83.5 Å². The maximum Gasteiger partial charge on any atom is 0.0115 e. The molecule has 0 unspecified atom stereocenters. The highest BCUT2D eigenvalue weighted by molar-refractivity contribution is 5.86. The van der Waals surface area contributed by atoms with Crippen LogP contribution in [0.2, 0.25) is 0 Å². The summed E-state index contributed by atoms with van der Waals surface area (Å²) in [6.07, 6.45) is 1.15. The second-order valence-corrected chi connectivity index (χ2v) is 4.07. The van der Waals surface area contributed by atoms with E-state index in [1.54, 1.807) is 0 Å². The molecule has 2 N–H and O–H groups in total. The Balaban J connectivity index is 2.23. The molecule has 1 aliphatic rings. The number of benzene rings is 2. The lowest BCUT2D eigenvalue weighted by Gasteiger charge is -2.04. The summed E-state index contributed by atoms with van der Waals surface area (Å²) in [6, 6.07) is 15.4. The molecule has 3 rings (SSSR count). The number of nitrogens with two attached hydrogens (primary N) is 1. The zero-order valence-electron chi connectivity index (χ0n) is 7.98. The molecule has 0 spiro atoms. The van der Waals surface area contributed by atoms with E-state index in [9.17, 15) is 0 Å². The largest absolute Gasteiger partial charge is 0.327 e. The summed E-state index contributed by atoms with van der Waals surface area (Å²) in [5.41, 5.74) is 7.32. The molecule has 1 fully saturated rings. The van der Waals surface area contributed by atoms with E-state index in [1.165, 1.54) is 16.3 Å². The Morgan fingerprint density at radius 2 is 1.71 bits per heavy atom. The Morgan fingerprint density at radius 3 is 2.50 bits per heavy atom. The zero-order chi connectivity index (χ0) is 9.54. The summed E-state index contributed by atoms with van der Waals surface area (Å²) in [5, 5.41) is 2.69. The average molecular weight is 183 g/mol. The van der Waals surface area contributed by atoms with Crippen LogP contribution in [0.15, 0.2) is 42.5 Å². The lowest BCUT2D eigenvalue weighted by molar-refractivity contribution is 0.998. The third-order valence-corrected chi connectivity index (χ3v) is 3.06. The molecule has 2 aromatic carbocycles. The maximum atomic E-state index is 5.89. The second kappa shape index (κ2) is 2.82. The molecular weight excluding hydrogens is 170 g/mol. The van der Waals surface area contributed by atoms with Crippen LogP contribution in [0.4, 0.5) is 0 Å². The predicted molar refractivity (Wildman–Crippen MR) is 59.3 cm³/mol. The lowest BCUT2D eigenvalue weighted by Crippen LogP contribution is -2.01. The van der Waals surface area contributed by atoms with Crippen molar-refractivity contribution in [1.29, 1.82) is 0 Å². The zero-order valence-corrected chi connectivity index (χ0v) is 7.98. The van der Waals surface area contributed by atoms with Crippen LogP contribution in [0, 0.1) is 0 Å². The Hall–Kier alpha value is -1.34. The van der Waals surface area contributed by atoms with Gasteiger partial charge in [-0.2, -0.15) is 0 Å². The predicted octanol–water partition coefficient (Wildman–Crippen LogP) is 2.65. The molecule has 0 bridgehead atoms. The van der Waals surface area contributed by atoms with Crippen LogP contribution in [0.1, 0.15) is 17.9 Å². The molecule has 0 radical (unpaired) electrons. The van der Waals surface area contributed by atoms with Crippen molar-refractivity contribution in [2.75, 3.05) is 0 Å². The number of hydrogen-bond donors (Lipinski definition) is 1. The van der Waals surface area contributed by atoms with E-state index >= 15 is 0 Å². The van der Waals surface area contributed by atoms with E-state index in [0.717, 1.165) is 6.42 Å². The van der Waals surface area contributed by atoms with Crippen molar-refractivity contribution >= 4 is 10.8 Å². The van der Waals surface area contributed by atoms with Crippen LogP contribution in [-0.4, -0.2) is 6.04 Å². The summed E-state index contributed by atoms with van der Waals surface area (Å²) in [4.78, 5) is 0. The maximum absolute atomic E-state index is 5.89. The van der Waals surface area contributed by atoms with Crippen LogP contribution in [0.25, 0.3) is 10.8 Å². The molecule has 0 amide bonds. The molecular formula is C13H13N. The SMILES string of the molecule is N[C@@H]1C[C@H]1c1cccc2ccccc12. The minimum atomic E-state index is 0.390. The Bertz CT molecular complexity index is 470. The molecule has 0 aliphatic heterocycles. The van der Waals surface area contributed by atoms with Crippen molar-refractivity contribution in [2.24, 2.45) is 5.73 Å². The Morgan fingerprint density at radius 1 is 1.00 bits per heavy atom. The molecule has 0 heterocycles. The van der Waals surface area contributed by atoms with Gasteiger partial charge in [-0.3, -0.25) is 0 Å². The van der Waals surface area contributed by atoms with E-state index < -0.39 is 0 Å². The van der Waals surface area contributed by atoms with Gasteiger partial charge in [-0.25, -0.2) is 0 Å². The first-order chi connectivity index (χ1) is 6.86. The molecule has 2 atom stereocenters. The second-order valence-electron chi connectivity index (χ2n) is 4.07. The van der Waals surface area contributed by atoms with Crippen molar-refractivity contribution in [1.82, 2.24) is 0 Å². The van der Waals surface area contributed by atoms with Gasteiger partial charge in [-0.05, 0) is 22.8 Å². The van der Waals surface area contributed by atoms with Gasteiger partial charge in [0, 0.05) is 12.0 Å². The average Bonchev–Trinajstić information content (AvgIpc) is 2.95. The van der Waals surface area contributed by atoms with Gasteiger partial charge in [-0.1, -0.05) is 42.5 Å². The molecule has 14 heavy (non-hydrogen) atoms. The monoisotopic (exact) mass is 183 g/mol. The molecule has 1 aliphatic carbocycles. The van der Waals surface area contributed by atoms with Crippen molar-refractivity contribution in [2.45, 2.75) is 18.4 Å². The number of fused-ring (bicyclic) bond motifs is 1. The van der Waals surface area contributed by atoms with Crippen molar-refractivity contribution in [3.8, 4) is 0 Å². The van der Waals surface area contributed by atoms with Gasteiger partial charge in [0.15, 0.2) is 0 Å². The first-order valence-corrected chi connectivity index (χ1v) is 5.09. The first-order valence-electron chi connectivity index (χ1n) is 5.09. The highest BCUT2D eigenvalue weighted by Gasteiger charge is 2.35. The van der Waals surface area contributed by atoms with Gasteiger partial charge in [0.25, 0.3) is 0 Å². The molecule has 70 valence electrons. The van der Waals surface area contributed by atoms with Crippen LogP contribution in [0.5, 0.6) is 0 Å². The van der Waals surface area contributed by atoms with Crippen molar-refractivity contribution < 1.29 is 0 Å². The van der Waals surface area contributed by atoms with Gasteiger partial charge in [0.05, 0.1) is 0 Å². The topological polar surface area (TPSA) is 26.0 Å². The standard InChI is InChI=1S/C13H13N/c14-13-8-12(13)11-7-3-5-9-4-1-2-6-10(9)11/h1-7,12-13H,8,14H2/t12-,13+/m0/s1. The van der Waals surface area contributed by atoms with Gasteiger partial charge >= 0.3 is 0 Å². The van der Waals surface area contributed by atoms with Crippen molar-refractivity contribution in [3.05, 3.63) is 48.0 Å². The van der Waals surface area contributed by atoms with Crippen LogP contribution in [0.3, 0.4) is 0 Å². The van der Waals surface area contributed by atoms with E-state index in [1.807, 2.05) is 0 Å². The summed E-state index contributed by atoms with van der Waals surface area (Å²) in [5.74, 6) is 0.598. The van der Waals surface area contributed by atoms with Gasteiger partial charge in [-0.15, -0.1) is 0 Å². The van der Waals surface area contributed by atoms with Gasteiger partial charge in [0.1, 0.15) is 0 Å². The van der Waals surface area contributed by atoms with Gasteiger partial charge in [0.2, 0.25) is 0 Å². The van der Waals surface area contributed by atoms with Gasteiger partial charge < -0.3 is 5.73 Å². The van der Waals surface area contributed by atoms with Crippen LogP contribution >= 0.6 is 0 Å². The molecule has 2 aromatic rings. The van der Waals surface area contributed by atoms with Crippen molar-refractivity contribution in [3.63, 3.8) is 0 Å². The lowest BCUT2D eigenvalue weighted by atomic mass is 10.0. The number of rotatable bonds is 1. The third kappa shape index (κ3) is 1.13. The molecule has 1 heteroatoms. The summed E-state index contributed by atoms with van der Waals surface area (Å²) >= 11 is 0. The minimum absolute atomic E-state index is 0.390. The quantitative estimate of drug-likeness (QED) is 0.722.